The molecular formula is C5H9NO2S. The number of nitrogens with one attached hydrogen (secondary N) is 1. The predicted molar refractivity (Wildman–Crippen MR) is 35.4 cm³/mol. The summed E-state index contributed by atoms with van der Waals surface area (Å²) in [7, 11) is 0. The first-order valence-electron chi connectivity index (χ1n) is 3.06. The van der Waals surface area contributed by atoms with E-state index in [4.69, 9.17) is 9.47 Å². The van der Waals surface area contributed by atoms with Crippen LogP contribution in [0.5, 0.6) is 0 Å². The zero-order valence-electron chi connectivity index (χ0n) is 4.91. The Labute approximate surface area is 59.1 Å². The molecule has 9 heavy (non-hydrogen) atoms. The lowest BCUT2D eigenvalue weighted by Gasteiger charge is -2.02. The highest BCUT2D eigenvalue weighted by atomic mass is 32.1. The topological polar surface area (TPSA) is 30.5 Å². The lowest BCUT2D eigenvalue weighted by molar-refractivity contribution is 0.00199. The van der Waals surface area contributed by atoms with Crippen LogP contribution in [0.25, 0.3) is 0 Å². The molecular weight excluding hydrogens is 138 g/mol. The summed E-state index contributed by atoms with van der Waals surface area (Å²) in [5, 5.41) is 3.16. The van der Waals surface area contributed by atoms with E-state index in [1.54, 1.807) is 0 Å². The van der Waals surface area contributed by atoms with Gasteiger partial charge in [0, 0.05) is 13.1 Å². The van der Waals surface area contributed by atoms with Crippen LogP contribution in [0.3, 0.4) is 0 Å². The summed E-state index contributed by atoms with van der Waals surface area (Å²) >= 11 is 4.03. The normalized spacial score (nSPS) is 49.7. The van der Waals surface area contributed by atoms with Gasteiger partial charge in [0.15, 0.2) is 0 Å². The van der Waals surface area contributed by atoms with Crippen molar-refractivity contribution in [3.63, 3.8) is 0 Å². The van der Waals surface area contributed by atoms with Crippen molar-refractivity contribution in [2.75, 3.05) is 13.1 Å². The molecule has 0 amide bonds. The molecule has 52 valence electrons. The van der Waals surface area contributed by atoms with Gasteiger partial charge in [0.25, 0.3) is 0 Å². The van der Waals surface area contributed by atoms with E-state index >= 15 is 0 Å². The molecule has 2 aliphatic heterocycles. The van der Waals surface area contributed by atoms with Crippen molar-refractivity contribution in [3.8, 4) is 0 Å². The van der Waals surface area contributed by atoms with Crippen molar-refractivity contribution < 1.29 is 9.47 Å². The standard InChI is InChI=1S/C5H9NO2S/c9-5-7-3-1-6-2-4(3)8-5/h3-6,9H,1-2H2. The Morgan fingerprint density at radius 1 is 1.22 bits per heavy atom. The number of fused-ring (bicyclic) bond motifs is 1. The van der Waals surface area contributed by atoms with Crippen LogP contribution in [-0.4, -0.2) is 30.9 Å². The van der Waals surface area contributed by atoms with Crippen molar-refractivity contribution >= 4 is 12.6 Å². The van der Waals surface area contributed by atoms with E-state index in [1.807, 2.05) is 0 Å². The Morgan fingerprint density at radius 3 is 2.33 bits per heavy atom. The summed E-state index contributed by atoms with van der Waals surface area (Å²) in [4.78, 5) is 0. The number of rotatable bonds is 0. The molecule has 2 heterocycles. The molecule has 2 atom stereocenters. The molecule has 2 fully saturated rings. The summed E-state index contributed by atoms with van der Waals surface area (Å²) in [6, 6.07) is 0. The third-order valence-electron chi connectivity index (χ3n) is 1.69. The summed E-state index contributed by atoms with van der Waals surface area (Å²) in [6.45, 7) is 1.81. The molecule has 0 spiro atoms. The van der Waals surface area contributed by atoms with Crippen LogP contribution >= 0.6 is 12.6 Å². The van der Waals surface area contributed by atoms with Gasteiger partial charge in [-0.3, -0.25) is 0 Å². The molecule has 0 aromatic rings. The fraction of sp³-hybridized carbons (Fsp3) is 1.00. The van der Waals surface area contributed by atoms with Gasteiger partial charge in [-0.15, -0.1) is 12.6 Å². The molecule has 3 nitrogen and oxygen atoms in total. The maximum atomic E-state index is 5.26. The van der Waals surface area contributed by atoms with Gasteiger partial charge in [0.1, 0.15) is 12.2 Å². The summed E-state index contributed by atoms with van der Waals surface area (Å²) in [6.07, 6.45) is 0.486. The molecule has 1 N–H and O–H groups in total. The molecule has 2 unspecified atom stereocenters. The van der Waals surface area contributed by atoms with Crippen molar-refractivity contribution in [1.82, 2.24) is 5.32 Å². The smallest absolute Gasteiger partial charge is 0.204 e. The van der Waals surface area contributed by atoms with Crippen LogP contribution in [0.2, 0.25) is 0 Å². The highest BCUT2D eigenvalue weighted by molar-refractivity contribution is 7.80. The minimum atomic E-state index is -0.290. The van der Waals surface area contributed by atoms with Crippen LogP contribution < -0.4 is 5.32 Å². The number of thiol groups is 1. The van der Waals surface area contributed by atoms with Crippen molar-refractivity contribution in [1.29, 1.82) is 0 Å². The molecule has 0 radical (unpaired) electrons. The fourth-order valence-corrected chi connectivity index (χ4v) is 1.55. The van der Waals surface area contributed by atoms with E-state index in [1.165, 1.54) is 0 Å². The average Bonchev–Trinajstić information content (AvgIpc) is 2.22. The van der Waals surface area contributed by atoms with E-state index in [2.05, 4.69) is 17.9 Å². The maximum absolute atomic E-state index is 5.26. The lowest BCUT2D eigenvalue weighted by Crippen LogP contribution is -2.18. The first-order valence-corrected chi connectivity index (χ1v) is 3.57. The van der Waals surface area contributed by atoms with Gasteiger partial charge in [-0.25, -0.2) is 0 Å². The number of hydrogen-bond acceptors (Lipinski definition) is 4. The summed E-state index contributed by atoms with van der Waals surface area (Å²) in [5.41, 5.74) is -0.290. The minimum Gasteiger partial charge on any atom is -0.336 e. The number of ether oxygens (including phenoxy) is 2. The van der Waals surface area contributed by atoms with Crippen molar-refractivity contribution in [2.45, 2.75) is 17.8 Å². The Hall–Kier alpha value is 0.230. The van der Waals surface area contributed by atoms with E-state index in [-0.39, 0.29) is 17.8 Å². The summed E-state index contributed by atoms with van der Waals surface area (Å²) < 4.78 is 10.5. The second-order valence-electron chi connectivity index (χ2n) is 2.31. The number of hydrogen-bond donors (Lipinski definition) is 2. The first kappa shape index (κ1) is 5.97. The molecule has 4 heteroatoms. The minimum absolute atomic E-state index is 0.243. The molecule has 2 saturated heterocycles. The van der Waals surface area contributed by atoms with Gasteiger partial charge >= 0.3 is 0 Å². The molecule has 0 aromatic carbocycles. The average molecular weight is 147 g/mol. The largest absolute Gasteiger partial charge is 0.336 e. The third kappa shape index (κ3) is 0.961. The monoisotopic (exact) mass is 147 g/mol. The Morgan fingerprint density at radius 2 is 1.78 bits per heavy atom. The Bertz CT molecular complexity index is 110. The van der Waals surface area contributed by atoms with E-state index in [0.29, 0.717) is 0 Å². The van der Waals surface area contributed by atoms with Crippen molar-refractivity contribution in [2.24, 2.45) is 0 Å². The highest BCUT2D eigenvalue weighted by Crippen LogP contribution is 2.23. The Kier molecular flexibility index (Phi) is 1.41. The van der Waals surface area contributed by atoms with Gasteiger partial charge in [-0.05, 0) is 0 Å². The van der Waals surface area contributed by atoms with Crippen LogP contribution in [-0.2, 0) is 9.47 Å². The second-order valence-corrected chi connectivity index (χ2v) is 2.74. The molecule has 0 aliphatic carbocycles. The first-order chi connectivity index (χ1) is 4.36. The second kappa shape index (κ2) is 2.12. The zero-order chi connectivity index (χ0) is 6.27. The molecule has 0 bridgehead atoms. The van der Waals surface area contributed by atoms with E-state index in [0.717, 1.165) is 13.1 Å². The SMILES string of the molecule is SC1OC2CNCC2O1. The van der Waals surface area contributed by atoms with Crippen LogP contribution in [0.4, 0.5) is 0 Å². The quantitative estimate of drug-likeness (QED) is 0.456. The van der Waals surface area contributed by atoms with E-state index in [9.17, 15) is 0 Å². The Balaban J connectivity index is 2.02. The van der Waals surface area contributed by atoms with E-state index < -0.39 is 0 Å². The lowest BCUT2D eigenvalue weighted by atomic mass is 10.3. The molecule has 0 saturated carbocycles. The van der Waals surface area contributed by atoms with Gasteiger partial charge in [-0.2, -0.15) is 0 Å². The maximum Gasteiger partial charge on any atom is 0.204 e. The predicted octanol–water partition coefficient (Wildman–Crippen LogP) is -0.413. The molecule has 2 aliphatic rings. The summed E-state index contributed by atoms with van der Waals surface area (Å²) in [5.74, 6) is 0. The van der Waals surface area contributed by atoms with Crippen LogP contribution in [0, 0.1) is 0 Å². The van der Waals surface area contributed by atoms with Gasteiger partial charge in [0.2, 0.25) is 5.62 Å². The molecule has 0 aromatic heterocycles. The van der Waals surface area contributed by atoms with Crippen LogP contribution in [0.1, 0.15) is 0 Å². The van der Waals surface area contributed by atoms with Crippen molar-refractivity contribution in [3.05, 3.63) is 0 Å². The van der Waals surface area contributed by atoms with Gasteiger partial charge in [0.05, 0.1) is 0 Å². The third-order valence-corrected chi connectivity index (χ3v) is 1.93. The van der Waals surface area contributed by atoms with Gasteiger partial charge < -0.3 is 14.8 Å². The van der Waals surface area contributed by atoms with Crippen LogP contribution in [0.15, 0.2) is 0 Å². The molecule has 2 rings (SSSR count). The zero-order valence-corrected chi connectivity index (χ0v) is 5.80. The van der Waals surface area contributed by atoms with Gasteiger partial charge in [-0.1, -0.05) is 0 Å². The highest BCUT2D eigenvalue weighted by Gasteiger charge is 2.37. The fourth-order valence-electron chi connectivity index (χ4n) is 1.23.